The van der Waals surface area contributed by atoms with Gasteiger partial charge in [-0.15, -0.1) is 0 Å². The van der Waals surface area contributed by atoms with Crippen LogP contribution in [0.3, 0.4) is 0 Å². The van der Waals surface area contributed by atoms with Gasteiger partial charge in [-0.1, -0.05) is 0 Å². The summed E-state index contributed by atoms with van der Waals surface area (Å²) >= 11 is 0. The molecule has 1 unspecified atom stereocenters. The Morgan fingerprint density at radius 1 is 1.64 bits per heavy atom. The fourth-order valence-corrected chi connectivity index (χ4v) is 0.821. The molecule has 5 heteroatoms. The van der Waals surface area contributed by atoms with Crippen LogP contribution in [0.1, 0.15) is 13.8 Å². The first-order valence-corrected chi connectivity index (χ1v) is 4.65. The van der Waals surface area contributed by atoms with Crippen molar-refractivity contribution >= 4 is 5.91 Å². The minimum Gasteiger partial charge on any atom is -0.380 e. The van der Waals surface area contributed by atoms with E-state index in [0.29, 0.717) is 13.2 Å². The number of hydrogen-bond acceptors (Lipinski definition) is 4. The topological polar surface area (TPSA) is 74.2 Å². The lowest BCUT2D eigenvalue weighted by Crippen LogP contribution is -2.39. The van der Waals surface area contributed by atoms with E-state index < -0.39 is 0 Å². The first-order valence-electron chi connectivity index (χ1n) is 4.65. The average Bonchev–Trinajstić information content (AvgIpc) is 2.20. The number of carbonyl (C=O) groups is 1. The lowest BCUT2D eigenvalue weighted by Gasteiger charge is -2.12. The molecule has 0 bridgehead atoms. The van der Waals surface area contributed by atoms with Crippen LogP contribution in [0.25, 0.3) is 0 Å². The van der Waals surface area contributed by atoms with Gasteiger partial charge in [-0.05, 0) is 13.8 Å². The van der Waals surface area contributed by atoms with Gasteiger partial charge < -0.3 is 15.4 Å². The highest BCUT2D eigenvalue weighted by molar-refractivity contribution is 5.78. The molecular formula is C9H17N3O2. The third-order valence-electron chi connectivity index (χ3n) is 1.55. The Balaban J connectivity index is 3.41. The summed E-state index contributed by atoms with van der Waals surface area (Å²) in [5, 5.41) is 13.6. The van der Waals surface area contributed by atoms with E-state index in [2.05, 4.69) is 10.6 Å². The molecular weight excluding hydrogens is 182 g/mol. The highest BCUT2D eigenvalue weighted by Crippen LogP contribution is 1.83. The van der Waals surface area contributed by atoms with Gasteiger partial charge in [0.05, 0.1) is 19.2 Å². The quantitative estimate of drug-likeness (QED) is 0.549. The van der Waals surface area contributed by atoms with Crippen molar-refractivity contribution in [1.29, 1.82) is 5.26 Å². The highest BCUT2D eigenvalue weighted by atomic mass is 16.5. The van der Waals surface area contributed by atoms with Crippen LogP contribution in [0, 0.1) is 11.3 Å². The Morgan fingerprint density at radius 3 is 2.93 bits per heavy atom. The van der Waals surface area contributed by atoms with Crippen LogP contribution in [-0.2, 0) is 9.53 Å². The molecule has 1 atom stereocenters. The molecule has 80 valence electrons. The van der Waals surface area contributed by atoms with E-state index in [1.807, 2.05) is 19.9 Å². The van der Waals surface area contributed by atoms with E-state index in [0.717, 1.165) is 0 Å². The fraction of sp³-hybridized carbons (Fsp3) is 0.778. The monoisotopic (exact) mass is 199 g/mol. The Hall–Kier alpha value is -1.12. The van der Waals surface area contributed by atoms with Gasteiger partial charge in [0.2, 0.25) is 5.91 Å². The molecule has 1 amide bonds. The maximum Gasteiger partial charge on any atom is 0.234 e. The van der Waals surface area contributed by atoms with E-state index in [-0.39, 0.29) is 25.0 Å². The summed E-state index contributed by atoms with van der Waals surface area (Å²) in [7, 11) is 0. The molecule has 2 N–H and O–H groups in total. The Morgan fingerprint density at radius 2 is 2.36 bits per heavy atom. The van der Waals surface area contributed by atoms with E-state index in [1.54, 1.807) is 0 Å². The van der Waals surface area contributed by atoms with Gasteiger partial charge in [0, 0.05) is 12.6 Å². The van der Waals surface area contributed by atoms with Crippen molar-refractivity contribution < 1.29 is 9.53 Å². The number of hydrogen-bond donors (Lipinski definition) is 2. The summed E-state index contributed by atoms with van der Waals surface area (Å²) in [4.78, 5) is 11.0. The molecule has 0 fully saturated rings. The maximum absolute atomic E-state index is 11.0. The van der Waals surface area contributed by atoms with E-state index >= 15 is 0 Å². The van der Waals surface area contributed by atoms with Gasteiger partial charge in [-0.25, -0.2) is 0 Å². The molecule has 0 aliphatic rings. The maximum atomic E-state index is 11.0. The average molecular weight is 199 g/mol. The van der Waals surface area contributed by atoms with Crippen molar-refractivity contribution in [3.05, 3.63) is 0 Å². The molecule has 5 nitrogen and oxygen atoms in total. The Bertz CT molecular complexity index is 201. The van der Waals surface area contributed by atoms with Crippen LogP contribution in [0.5, 0.6) is 0 Å². The first-order chi connectivity index (χ1) is 6.70. The lowest BCUT2D eigenvalue weighted by molar-refractivity contribution is -0.120. The van der Waals surface area contributed by atoms with Crippen molar-refractivity contribution in [1.82, 2.24) is 10.6 Å². The molecule has 0 aromatic carbocycles. The second-order valence-corrected chi connectivity index (χ2v) is 2.88. The Kier molecular flexibility index (Phi) is 7.80. The van der Waals surface area contributed by atoms with Gasteiger partial charge in [0.15, 0.2) is 0 Å². The summed E-state index contributed by atoms with van der Waals surface area (Å²) < 4.78 is 5.16. The molecule has 0 aliphatic carbocycles. The first kappa shape index (κ1) is 12.9. The van der Waals surface area contributed by atoms with Gasteiger partial charge in [0.25, 0.3) is 0 Å². The standard InChI is InChI=1S/C9H17N3O2/c1-3-14-7-8(2)12-6-9(13)11-5-4-10/h8,12H,3,5-7H2,1-2H3,(H,11,13). The van der Waals surface area contributed by atoms with E-state index in [1.165, 1.54) is 0 Å². The number of nitrogens with zero attached hydrogens (tertiary/aromatic N) is 1. The summed E-state index contributed by atoms with van der Waals surface area (Å²) in [5.41, 5.74) is 0. The number of nitrogens with one attached hydrogen (secondary N) is 2. The van der Waals surface area contributed by atoms with Crippen molar-refractivity contribution in [2.24, 2.45) is 0 Å². The Labute approximate surface area is 84.4 Å². The van der Waals surface area contributed by atoms with Gasteiger partial charge >= 0.3 is 0 Å². The second kappa shape index (κ2) is 8.48. The van der Waals surface area contributed by atoms with Crippen LogP contribution >= 0.6 is 0 Å². The smallest absolute Gasteiger partial charge is 0.234 e. The van der Waals surface area contributed by atoms with Crippen LogP contribution in [0.4, 0.5) is 0 Å². The fourth-order valence-electron chi connectivity index (χ4n) is 0.821. The zero-order valence-corrected chi connectivity index (χ0v) is 8.67. The molecule has 0 aromatic rings. The van der Waals surface area contributed by atoms with E-state index in [9.17, 15) is 4.79 Å². The zero-order valence-electron chi connectivity index (χ0n) is 8.67. The van der Waals surface area contributed by atoms with Gasteiger partial charge in [0.1, 0.15) is 6.54 Å². The van der Waals surface area contributed by atoms with Crippen LogP contribution in [0.2, 0.25) is 0 Å². The van der Waals surface area contributed by atoms with Crippen LogP contribution in [-0.4, -0.2) is 38.3 Å². The third-order valence-corrected chi connectivity index (χ3v) is 1.55. The summed E-state index contributed by atoms with van der Waals surface area (Å²) in [6.07, 6.45) is 0. The number of nitriles is 1. The SMILES string of the molecule is CCOCC(C)NCC(=O)NCC#N. The zero-order chi connectivity index (χ0) is 10.8. The van der Waals surface area contributed by atoms with Crippen molar-refractivity contribution in [2.75, 3.05) is 26.3 Å². The highest BCUT2D eigenvalue weighted by Gasteiger charge is 2.04. The van der Waals surface area contributed by atoms with Crippen molar-refractivity contribution in [2.45, 2.75) is 19.9 Å². The molecule has 0 rings (SSSR count). The molecule has 14 heavy (non-hydrogen) atoms. The predicted octanol–water partition coefficient (Wildman–Crippen LogP) is -0.359. The van der Waals surface area contributed by atoms with Crippen LogP contribution < -0.4 is 10.6 Å². The van der Waals surface area contributed by atoms with Crippen molar-refractivity contribution in [3.63, 3.8) is 0 Å². The molecule has 0 heterocycles. The molecule has 0 spiro atoms. The molecule has 0 saturated heterocycles. The second-order valence-electron chi connectivity index (χ2n) is 2.88. The van der Waals surface area contributed by atoms with Crippen LogP contribution in [0.15, 0.2) is 0 Å². The molecule has 0 aliphatic heterocycles. The number of amides is 1. The number of carbonyl (C=O) groups excluding carboxylic acids is 1. The van der Waals surface area contributed by atoms with E-state index in [4.69, 9.17) is 10.00 Å². The summed E-state index contributed by atoms with van der Waals surface area (Å²) in [5.74, 6) is -0.171. The lowest BCUT2D eigenvalue weighted by atomic mass is 10.3. The van der Waals surface area contributed by atoms with Gasteiger partial charge in [-0.2, -0.15) is 5.26 Å². The molecule has 0 saturated carbocycles. The minimum atomic E-state index is -0.171. The summed E-state index contributed by atoms with van der Waals surface area (Å²) in [6.45, 7) is 5.39. The van der Waals surface area contributed by atoms with Gasteiger partial charge in [-0.3, -0.25) is 4.79 Å². The third kappa shape index (κ3) is 7.53. The normalized spacial score (nSPS) is 11.8. The minimum absolute atomic E-state index is 0.0559. The number of rotatable bonds is 7. The largest absolute Gasteiger partial charge is 0.380 e. The number of ether oxygens (including phenoxy) is 1. The molecule has 0 radical (unpaired) electrons. The predicted molar refractivity (Wildman–Crippen MR) is 52.6 cm³/mol. The van der Waals surface area contributed by atoms with Crippen molar-refractivity contribution in [3.8, 4) is 6.07 Å². The molecule has 0 aromatic heterocycles. The summed E-state index contributed by atoms with van der Waals surface area (Å²) in [6, 6.07) is 1.98.